The minimum absolute atomic E-state index is 0.170. The van der Waals surface area contributed by atoms with Crippen LogP contribution >= 0.6 is 11.8 Å². The second-order valence-corrected chi connectivity index (χ2v) is 6.83. The lowest BCUT2D eigenvalue weighted by atomic mass is 10.1. The van der Waals surface area contributed by atoms with Crippen molar-refractivity contribution in [2.45, 2.75) is 30.7 Å². The number of thioether (sulfide) groups is 1. The number of phenols is 1. The van der Waals surface area contributed by atoms with Gasteiger partial charge in [-0.2, -0.15) is 0 Å². The van der Waals surface area contributed by atoms with Gasteiger partial charge in [-0.15, -0.1) is 0 Å². The summed E-state index contributed by atoms with van der Waals surface area (Å²) >= 11 is 1.43. The maximum Gasteiger partial charge on any atom is 0.254 e. The van der Waals surface area contributed by atoms with Gasteiger partial charge in [0.1, 0.15) is 16.5 Å². The molecule has 0 aliphatic carbocycles. The van der Waals surface area contributed by atoms with Crippen molar-refractivity contribution in [3.63, 3.8) is 0 Å². The number of aromatic nitrogens is 2. The van der Waals surface area contributed by atoms with Crippen molar-refractivity contribution in [3.05, 3.63) is 71.2 Å². The largest absolute Gasteiger partial charge is 0.508 e. The van der Waals surface area contributed by atoms with Gasteiger partial charge in [0.15, 0.2) is 0 Å². The molecule has 26 heavy (non-hydrogen) atoms. The van der Waals surface area contributed by atoms with E-state index in [1.165, 1.54) is 11.8 Å². The predicted molar refractivity (Wildman–Crippen MR) is 99.0 cm³/mol. The Bertz CT molecular complexity index is 910. The zero-order valence-corrected chi connectivity index (χ0v) is 15.3. The summed E-state index contributed by atoms with van der Waals surface area (Å²) in [7, 11) is 0. The van der Waals surface area contributed by atoms with Crippen LogP contribution in [0.3, 0.4) is 0 Å². The van der Waals surface area contributed by atoms with E-state index in [1.807, 2.05) is 26.0 Å². The Morgan fingerprint density at radius 1 is 1.31 bits per heavy atom. The number of nitrogens with zero attached hydrogens (tertiary/aromatic N) is 2. The number of pyridine rings is 1. The summed E-state index contributed by atoms with van der Waals surface area (Å²) < 4.78 is 5.06. The first-order chi connectivity index (χ1) is 12.5. The molecule has 1 unspecified atom stereocenters. The van der Waals surface area contributed by atoms with Crippen molar-refractivity contribution in [2.24, 2.45) is 0 Å². The first-order valence-corrected chi connectivity index (χ1v) is 9.11. The molecule has 0 bridgehead atoms. The molecule has 0 radical (unpaired) electrons. The highest BCUT2D eigenvalue weighted by molar-refractivity contribution is 7.98. The molecule has 3 rings (SSSR count). The number of nitrogens with one attached hydrogen (secondary N) is 1. The van der Waals surface area contributed by atoms with Gasteiger partial charge in [-0.3, -0.25) is 4.79 Å². The lowest BCUT2D eigenvalue weighted by molar-refractivity contribution is 0.0936. The third-order valence-corrected chi connectivity index (χ3v) is 4.81. The first kappa shape index (κ1) is 18.0. The quantitative estimate of drug-likeness (QED) is 0.641. The zero-order valence-electron chi connectivity index (χ0n) is 14.5. The zero-order chi connectivity index (χ0) is 18.5. The molecule has 0 aliphatic rings. The van der Waals surface area contributed by atoms with Gasteiger partial charge in [-0.05, 0) is 43.7 Å². The van der Waals surface area contributed by atoms with Crippen LogP contribution < -0.4 is 5.32 Å². The lowest BCUT2D eigenvalue weighted by Gasteiger charge is -2.15. The van der Waals surface area contributed by atoms with Gasteiger partial charge in [-0.25, -0.2) is 4.98 Å². The molecule has 0 saturated heterocycles. The van der Waals surface area contributed by atoms with Crippen LogP contribution in [0.5, 0.6) is 5.75 Å². The number of hydrogen-bond acceptors (Lipinski definition) is 6. The molecule has 2 aromatic heterocycles. The topological polar surface area (TPSA) is 88.2 Å². The standard InChI is InChI=1S/C19H19N3O3S/c1-12-9-15(22-25-12)11-26-19-17(7-4-8-20-19)18(24)21-13(2)14-5-3-6-16(23)10-14/h3-10,13,23H,11H2,1-2H3,(H,21,24). The highest BCUT2D eigenvalue weighted by atomic mass is 32.2. The van der Waals surface area contributed by atoms with E-state index in [4.69, 9.17) is 4.52 Å². The SMILES string of the molecule is Cc1cc(CSc2ncccc2C(=O)NC(C)c2cccc(O)c2)no1. The van der Waals surface area contributed by atoms with Gasteiger partial charge in [0.05, 0.1) is 17.3 Å². The van der Waals surface area contributed by atoms with E-state index in [-0.39, 0.29) is 17.7 Å². The third kappa shape index (κ3) is 4.43. The number of carbonyl (C=O) groups is 1. The summed E-state index contributed by atoms with van der Waals surface area (Å²) in [5, 5.41) is 17.1. The Balaban J connectivity index is 1.71. The Morgan fingerprint density at radius 2 is 2.15 bits per heavy atom. The van der Waals surface area contributed by atoms with Crippen molar-refractivity contribution >= 4 is 17.7 Å². The van der Waals surface area contributed by atoms with Gasteiger partial charge in [0.25, 0.3) is 5.91 Å². The second kappa shape index (κ2) is 8.05. The number of benzene rings is 1. The number of carbonyl (C=O) groups excluding carboxylic acids is 1. The summed E-state index contributed by atoms with van der Waals surface area (Å²) in [5.74, 6) is 1.27. The Kier molecular flexibility index (Phi) is 5.58. The predicted octanol–water partition coefficient (Wildman–Crippen LogP) is 3.87. The summed E-state index contributed by atoms with van der Waals surface area (Å²) in [6, 6.07) is 11.9. The minimum Gasteiger partial charge on any atom is -0.508 e. The van der Waals surface area contributed by atoms with E-state index in [9.17, 15) is 9.90 Å². The van der Waals surface area contributed by atoms with E-state index >= 15 is 0 Å². The van der Waals surface area contributed by atoms with E-state index < -0.39 is 0 Å². The molecule has 6 nitrogen and oxygen atoms in total. The van der Waals surface area contributed by atoms with Gasteiger partial charge in [0.2, 0.25) is 0 Å². The normalized spacial score (nSPS) is 11.9. The van der Waals surface area contributed by atoms with Gasteiger partial charge >= 0.3 is 0 Å². The van der Waals surface area contributed by atoms with Crippen LogP contribution in [0.2, 0.25) is 0 Å². The summed E-state index contributed by atoms with van der Waals surface area (Å²) in [5.41, 5.74) is 2.14. The van der Waals surface area contributed by atoms with Crippen LogP contribution in [0.15, 0.2) is 58.2 Å². The number of phenolic OH excluding ortho intramolecular Hbond substituents is 1. The first-order valence-electron chi connectivity index (χ1n) is 8.12. The number of hydrogen-bond donors (Lipinski definition) is 2. The third-order valence-electron chi connectivity index (χ3n) is 3.77. The van der Waals surface area contributed by atoms with Crippen LogP contribution in [0, 0.1) is 6.92 Å². The molecule has 0 saturated carbocycles. The van der Waals surface area contributed by atoms with E-state index in [1.54, 1.807) is 36.5 Å². The smallest absolute Gasteiger partial charge is 0.254 e. The molecule has 1 amide bonds. The van der Waals surface area contributed by atoms with Crippen LogP contribution in [0.4, 0.5) is 0 Å². The van der Waals surface area contributed by atoms with Crippen molar-refractivity contribution in [2.75, 3.05) is 0 Å². The number of rotatable bonds is 6. The highest BCUT2D eigenvalue weighted by Gasteiger charge is 2.16. The summed E-state index contributed by atoms with van der Waals surface area (Å²) in [6.45, 7) is 3.71. The van der Waals surface area contributed by atoms with Crippen molar-refractivity contribution in [3.8, 4) is 5.75 Å². The molecule has 2 N–H and O–H groups in total. The van der Waals surface area contributed by atoms with Crippen LogP contribution in [-0.4, -0.2) is 21.2 Å². The number of aryl methyl sites for hydroxylation is 1. The van der Waals surface area contributed by atoms with Crippen molar-refractivity contribution in [1.29, 1.82) is 0 Å². The average Bonchev–Trinajstić information content (AvgIpc) is 3.05. The summed E-state index contributed by atoms with van der Waals surface area (Å²) in [6.07, 6.45) is 1.66. The molecule has 0 fully saturated rings. The van der Waals surface area contributed by atoms with Crippen LogP contribution in [0.1, 0.15) is 40.3 Å². The van der Waals surface area contributed by atoms with Gasteiger partial charge in [-0.1, -0.05) is 29.1 Å². The van der Waals surface area contributed by atoms with Gasteiger partial charge in [0, 0.05) is 18.0 Å². The number of amides is 1. The number of aromatic hydroxyl groups is 1. The molecule has 0 spiro atoms. The van der Waals surface area contributed by atoms with Crippen molar-refractivity contribution < 1.29 is 14.4 Å². The van der Waals surface area contributed by atoms with Crippen LogP contribution in [0.25, 0.3) is 0 Å². The van der Waals surface area contributed by atoms with Gasteiger partial charge < -0.3 is 14.9 Å². The monoisotopic (exact) mass is 369 g/mol. The molecular weight excluding hydrogens is 350 g/mol. The molecule has 1 atom stereocenters. The molecular formula is C19H19N3O3S. The van der Waals surface area contributed by atoms with Crippen LogP contribution in [-0.2, 0) is 5.75 Å². The Labute approximate surface area is 155 Å². The molecule has 0 aliphatic heterocycles. The Morgan fingerprint density at radius 3 is 2.88 bits per heavy atom. The van der Waals surface area contributed by atoms with E-state index in [2.05, 4.69) is 15.5 Å². The minimum atomic E-state index is -0.245. The molecule has 7 heteroatoms. The Hall–Kier alpha value is -2.80. The second-order valence-electron chi connectivity index (χ2n) is 5.86. The highest BCUT2D eigenvalue weighted by Crippen LogP contribution is 2.25. The van der Waals surface area contributed by atoms with Crippen molar-refractivity contribution in [1.82, 2.24) is 15.5 Å². The fraction of sp³-hybridized carbons (Fsp3) is 0.211. The molecule has 134 valence electrons. The lowest BCUT2D eigenvalue weighted by Crippen LogP contribution is -2.27. The van der Waals surface area contributed by atoms with E-state index in [0.29, 0.717) is 16.3 Å². The fourth-order valence-electron chi connectivity index (χ4n) is 2.46. The molecule has 1 aromatic carbocycles. The maximum absolute atomic E-state index is 12.7. The fourth-order valence-corrected chi connectivity index (χ4v) is 3.33. The van der Waals surface area contributed by atoms with E-state index in [0.717, 1.165) is 17.0 Å². The summed E-state index contributed by atoms with van der Waals surface area (Å²) in [4.78, 5) is 17.0. The maximum atomic E-state index is 12.7. The average molecular weight is 369 g/mol. The molecule has 2 heterocycles. The molecule has 3 aromatic rings.